The minimum Gasteiger partial charge on any atom is -0.487 e. The van der Waals surface area contributed by atoms with Crippen LogP contribution in [0.4, 0.5) is 0 Å². The van der Waals surface area contributed by atoms with E-state index in [-0.39, 0.29) is 12.0 Å². The van der Waals surface area contributed by atoms with Gasteiger partial charge in [0.25, 0.3) is 5.91 Å². The van der Waals surface area contributed by atoms with Crippen LogP contribution < -0.4 is 4.74 Å². The van der Waals surface area contributed by atoms with E-state index in [2.05, 4.69) is 45.3 Å². The van der Waals surface area contributed by atoms with Gasteiger partial charge in [-0.1, -0.05) is 46.6 Å². The molecule has 0 unspecified atom stereocenters. The Labute approximate surface area is 195 Å². The third kappa shape index (κ3) is 4.19. The van der Waals surface area contributed by atoms with Gasteiger partial charge in [-0.05, 0) is 48.1 Å². The molecule has 0 bridgehead atoms. The van der Waals surface area contributed by atoms with Crippen LogP contribution in [0.2, 0.25) is 0 Å². The third-order valence-corrected chi connectivity index (χ3v) is 6.78. The molecule has 1 aliphatic carbocycles. The van der Waals surface area contributed by atoms with E-state index < -0.39 is 6.10 Å². The summed E-state index contributed by atoms with van der Waals surface area (Å²) in [6.07, 6.45) is 6.70. The fraction of sp³-hybridized carbons (Fsp3) is 0.360. The molecule has 1 amide bonds. The molecule has 0 radical (unpaired) electrons. The lowest BCUT2D eigenvalue weighted by atomic mass is 9.94. The summed E-state index contributed by atoms with van der Waals surface area (Å²) in [5.41, 5.74) is 4.82. The van der Waals surface area contributed by atoms with Crippen LogP contribution in [0.5, 0.6) is 5.75 Å². The Morgan fingerprint density at radius 2 is 1.94 bits per heavy atom. The average molecular weight is 496 g/mol. The number of aryl methyl sites for hydroxylation is 1. The molecule has 1 aliphatic heterocycles. The van der Waals surface area contributed by atoms with Crippen molar-refractivity contribution in [2.45, 2.75) is 51.0 Å². The van der Waals surface area contributed by atoms with E-state index in [1.807, 2.05) is 36.5 Å². The van der Waals surface area contributed by atoms with Crippen molar-refractivity contribution in [3.63, 3.8) is 0 Å². The number of hydrogen-bond donors (Lipinski definition) is 1. The Balaban J connectivity index is 1.34. The fourth-order valence-corrected chi connectivity index (χ4v) is 5.11. The highest BCUT2D eigenvalue weighted by atomic mass is 79.9. The number of carbonyl (C=O) groups is 1. The highest BCUT2D eigenvalue weighted by molar-refractivity contribution is 9.10. The number of fused-ring (bicyclic) bond motifs is 1. The molecule has 1 aromatic heterocycles. The molecule has 1 N–H and O–H groups in total. The molecular weight excluding hydrogens is 470 g/mol. The van der Waals surface area contributed by atoms with Crippen molar-refractivity contribution in [1.82, 2.24) is 14.7 Å². The van der Waals surface area contributed by atoms with Gasteiger partial charge in [0.2, 0.25) is 0 Å². The highest BCUT2D eigenvalue weighted by Gasteiger charge is 2.33. The van der Waals surface area contributed by atoms with Crippen LogP contribution in [0, 0.1) is 0 Å². The Kier molecular flexibility index (Phi) is 5.78. The SMILES string of the molecule is Cn1cc(-c2ccc(CN3Cc4cc(Br)cc(O[C@H]5CCCC[C@@H]5O)c4C3=O)cc2)cn1. The number of rotatable bonds is 5. The number of amides is 1. The van der Waals surface area contributed by atoms with Gasteiger partial charge < -0.3 is 14.7 Å². The first kappa shape index (κ1) is 21.2. The van der Waals surface area contributed by atoms with Crippen molar-refractivity contribution in [1.29, 1.82) is 0 Å². The molecule has 5 rings (SSSR count). The Morgan fingerprint density at radius 1 is 1.16 bits per heavy atom. The molecule has 3 aromatic rings. The topological polar surface area (TPSA) is 67.6 Å². The number of aliphatic hydroxyl groups excluding tert-OH is 1. The third-order valence-electron chi connectivity index (χ3n) is 6.32. The second-order valence-corrected chi connectivity index (χ2v) is 9.62. The van der Waals surface area contributed by atoms with Gasteiger partial charge in [-0.15, -0.1) is 0 Å². The number of carbonyl (C=O) groups excluding carboxylic acids is 1. The molecule has 0 spiro atoms. The molecular formula is C25H26BrN3O3. The monoisotopic (exact) mass is 495 g/mol. The number of benzene rings is 2. The summed E-state index contributed by atoms with van der Waals surface area (Å²) in [7, 11) is 1.90. The van der Waals surface area contributed by atoms with Gasteiger partial charge in [-0.25, -0.2) is 0 Å². The first-order valence-corrected chi connectivity index (χ1v) is 11.8. The Morgan fingerprint density at radius 3 is 2.66 bits per heavy atom. The van der Waals surface area contributed by atoms with Gasteiger partial charge in [0.1, 0.15) is 11.9 Å². The van der Waals surface area contributed by atoms with Crippen molar-refractivity contribution in [3.8, 4) is 16.9 Å². The molecule has 0 saturated heterocycles. The largest absolute Gasteiger partial charge is 0.487 e. The lowest BCUT2D eigenvalue weighted by Crippen LogP contribution is -2.35. The van der Waals surface area contributed by atoms with E-state index in [0.29, 0.717) is 24.4 Å². The minimum atomic E-state index is -0.482. The lowest BCUT2D eigenvalue weighted by Gasteiger charge is -2.29. The number of aromatic nitrogens is 2. The fourth-order valence-electron chi connectivity index (χ4n) is 4.63. The van der Waals surface area contributed by atoms with Crippen LogP contribution >= 0.6 is 15.9 Å². The maximum atomic E-state index is 13.3. The number of halogens is 1. The van der Waals surface area contributed by atoms with E-state index in [1.165, 1.54) is 0 Å². The van der Waals surface area contributed by atoms with E-state index in [0.717, 1.165) is 52.4 Å². The van der Waals surface area contributed by atoms with E-state index in [1.54, 1.807) is 4.68 Å². The van der Waals surface area contributed by atoms with Crippen LogP contribution in [-0.4, -0.2) is 37.9 Å². The van der Waals surface area contributed by atoms with Gasteiger partial charge in [0.15, 0.2) is 0 Å². The number of hydrogen-bond acceptors (Lipinski definition) is 4. The predicted molar refractivity (Wildman–Crippen MR) is 125 cm³/mol. The zero-order valence-corrected chi connectivity index (χ0v) is 19.6. The van der Waals surface area contributed by atoms with Crippen molar-refractivity contribution in [2.24, 2.45) is 7.05 Å². The quantitative estimate of drug-likeness (QED) is 0.557. The summed E-state index contributed by atoms with van der Waals surface area (Å²) in [6, 6.07) is 12.1. The number of aliphatic hydroxyl groups is 1. The lowest BCUT2D eigenvalue weighted by molar-refractivity contribution is 0.00633. The molecule has 2 atom stereocenters. The molecule has 2 aliphatic rings. The smallest absolute Gasteiger partial charge is 0.258 e. The van der Waals surface area contributed by atoms with Crippen molar-refractivity contribution in [2.75, 3.05) is 0 Å². The minimum absolute atomic E-state index is 0.0239. The molecule has 1 saturated carbocycles. The molecule has 166 valence electrons. The zero-order chi connectivity index (χ0) is 22.2. The van der Waals surface area contributed by atoms with Gasteiger partial charge in [-0.3, -0.25) is 9.48 Å². The summed E-state index contributed by atoms with van der Waals surface area (Å²) in [4.78, 5) is 15.2. The van der Waals surface area contributed by atoms with Crippen LogP contribution in [0.25, 0.3) is 11.1 Å². The first-order chi connectivity index (χ1) is 15.5. The van der Waals surface area contributed by atoms with Gasteiger partial charge >= 0.3 is 0 Å². The summed E-state index contributed by atoms with van der Waals surface area (Å²) in [5, 5.41) is 14.6. The summed E-state index contributed by atoms with van der Waals surface area (Å²) < 4.78 is 8.86. The molecule has 7 heteroatoms. The highest BCUT2D eigenvalue weighted by Crippen LogP contribution is 2.37. The van der Waals surface area contributed by atoms with Crippen molar-refractivity contribution in [3.05, 3.63) is 70.0 Å². The average Bonchev–Trinajstić information content (AvgIpc) is 3.33. The zero-order valence-electron chi connectivity index (χ0n) is 18.0. The first-order valence-electron chi connectivity index (χ1n) is 11.0. The van der Waals surface area contributed by atoms with Gasteiger partial charge in [-0.2, -0.15) is 5.10 Å². The van der Waals surface area contributed by atoms with E-state index >= 15 is 0 Å². The molecule has 2 heterocycles. The predicted octanol–water partition coefficient (Wildman–Crippen LogP) is 4.69. The summed E-state index contributed by atoms with van der Waals surface area (Å²) in [6.45, 7) is 1.07. The van der Waals surface area contributed by atoms with Crippen LogP contribution in [-0.2, 0) is 20.1 Å². The standard InChI is InChI=1S/C25H26BrN3O3/c1-28-14-19(12-27-28)17-8-6-16(7-9-17)13-29-15-18-10-20(26)11-23(24(18)25(29)31)32-22-5-3-2-4-21(22)30/h6-12,14,21-22,30H,2-5,13,15H2,1H3/t21-,22-/m0/s1. The van der Waals surface area contributed by atoms with E-state index in [4.69, 9.17) is 4.74 Å². The molecule has 2 aromatic carbocycles. The molecule has 32 heavy (non-hydrogen) atoms. The van der Waals surface area contributed by atoms with Crippen molar-refractivity contribution < 1.29 is 14.6 Å². The van der Waals surface area contributed by atoms with Crippen LogP contribution in [0.3, 0.4) is 0 Å². The normalized spacial score (nSPS) is 20.5. The second-order valence-electron chi connectivity index (χ2n) is 8.71. The Bertz CT molecular complexity index is 1140. The maximum absolute atomic E-state index is 13.3. The molecule has 1 fully saturated rings. The summed E-state index contributed by atoms with van der Waals surface area (Å²) in [5.74, 6) is 0.545. The van der Waals surface area contributed by atoms with E-state index in [9.17, 15) is 9.90 Å². The number of ether oxygens (including phenoxy) is 1. The van der Waals surface area contributed by atoms with Crippen LogP contribution in [0.15, 0.2) is 53.3 Å². The van der Waals surface area contributed by atoms with Gasteiger partial charge in [0.05, 0.1) is 17.9 Å². The second kappa shape index (κ2) is 8.71. The Hall–Kier alpha value is -2.64. The van der Waals surface area contributed by atoms with Crippen LogP contribution in [0.1, 0.15) is 47.2 Å². The summed E-state index contributed by atoms with van der Waals surface area (Å²) >= 11 is 3.56. The maximum Gasteiger partial charge on any atom is 0.258 e. The number of nitrogens with zero attached hydrogens (tertiary/aromatic N) is 3. The van der Waals surface area contributed by atoms with Gasteiger partial charge in [0, 0.05) is 36.4 Å². The molecule has 6 nitrogen and oxygen atoms in total. The van der Waals surface area contributed by atoms with Crippen molar-refractivity contribution >= 4 is 21.8 Å².